The predicted octanol–water partition coefficient (Wildman–Crippen LogP) is -0.972. The Morgan fingerprint density at radius 2 is 1.62 bits per heavy atom. The van der Waals surface area contributed by atoms with Crippen molar-refractivity contribution in [2.45, 2.75) is 49.3 Å². The number of fused-ring (bicyclic) bond motifs is 1. The van der Waals surface area contributed by atoms with E-state index in [1.165, 1.54) is 31.4 Å². The molecule has 0 aliphatic carbocycles. The SMILES string of the molecule is COc1c(O)cc([C@H]2Oc3cc(O)cc(O[C@@H]4O[C@H](CO)[C@@H](O)[C@H](O)[C@H]4O)c3C[C@H]2O)cc1O. The Morgan fingerprint density at radius 3 is 2.24 bits per heavy atom. The number of aromatic hydroxyl groups is 3. The maximum atomic E-state index is 10.8. The smallest absolute Gasteiger partial charge is 0.229 e. The average Bonchev–Trinajstić information content (AvgIpc) is 2.79. The largest absolute Gasteiger partial charge is 0.508 e. The minimum atomic E-state index is -1.68. The van der Waals surface area contributed by atoms with Crippen LogP contribution >= 0.6 is 0 Å². The minimum Gasteiger partial charge on any atom is -0.508 e. The summed E-state index contributed by atoms with van der Waals surface area (Å²) in [4.78, 5) is 0. The first-order chi connectivity index (χ1) is 16.1. The van der Waals surface area contributed by atoms with Crippen molar-refractivity contribution in [1.29, 1.82) is 0 Å². The van der Waals surface area contributed by atoms with E-state index in [0.717, 1.165) is 0 Å². The second-order valence-corrected chi connectivity index (χ2v) is 8.14. The zero-order chi connectivity index (χ0) is 24.7. The van der Waals surface area contributed by atoms with Crippen molar-refractivity contribution in [1.82, 2.24) is 0 Å². The highest BCUT2D eigenvalue weighted by Gasteiger charge is 2.45. The lowest BCUT2D eigenvalue weighted by atomic mass is 9.93. The molecule has 0 aromatic heterocycles. The Hall–Kier alpha value is -3.00. The van der Waals surface area contributed by atoms with Gasteiger partial charge in [-0.2, -0.15) is 0 Å². The van der Waals surface area contributed by atoms with Crippen LogP contribution in [0, 0.1) is 0 Å². The van der Waals surface area contributed by atoms with Crippen molar-refractivity contribution in [2.24, 2.45) is 0 Å². The Morgan fingerprint density at radius 1 is 0.941 bits per heavy atom. The minimum absolute atomic E-state index is 0.0303. The fraction of sp³-hybridized carbons (Fsp3) is 0.455. The first-order valence-corrected chi connectivity index (χ1v) is 10.4. The number of hydrogen-bond donors (Lipinski definition) is 8. The average molecular weight is 482 g/mol. The van der Waals surface area contributed by atoms with Crippen LogP contribution in [0.15, 0.2) is 24.3 Å². The van der Waals surface area contributed by atoms with E-state index in [0.29, 0.717) is 5.56 Å². The first-order valence-electron chi connectivity index (χ1n) is 10.4. The molecule has 12 nitrogen and oxygen atoms in total. The van der Waals surface area contributed by atoms with Crippen molar-refractivity contribution in [3.8, 4) is 34.5 Å². The van der Waals surface area contributed by atoms with E-state index >= 15 is 0 Å². The molecule has 0 unspecified atom stereocenters. The molecule has 2 aliphatic heterocycles. The molecule has 0 saturated carbocycles. The van der Waals surface area contributed by atoms with E-state index in [1.807, 2.05) is 0 Å². The standard InChI is InChI=1S/C22H26O12/c1-31-21-11(25)2-8(3-12(21)26)20-13(27)6-10-14(32-20)4-9(24)5-15(10)33-22-19(30)18(29)17(28)16(7-23)34-22/h2-5,13,16-20,22-30H,6-7H2,1H3/t13-,16-,17-,18+,19-,20-,22-/m1/s1. The van der Waals surface area contributed by atoms with E-state index in [1.54, 1.807) is 0 Å². The number of ether oxygens (including phenoxy) is 4. The maximum absolute atomic E-state index is 10.8. The van der Waals surface area contributed by atoms with Crippen LogP contribution in [0.1, 0.15) is 17.2 Å². The number of aliphatic hydroxyl groups is 5. The number of aliphatic hydroxyl groups excluding tert-OH is 5. The van der Waals surface area contributed by atoms with Gasteiger partial charge in [0.25, 0.3) is 0 Å². The Balaban J connectivity index is 1.63. The molecule has 1 fully saturated rings. The van der Waals surface area contributed by atoms with Gasteiger partial charge >= 0.3 is 0 Å². The molecule has 0 amide bonds. The molecule has 2 heterocycles. The molecule has 2 aromatic carbocycles. The molecule has 8 N–H and O–H groups in total. The fourth-order valence-electron chi connectivity index (χ4n) is 4.12. The molecule has 4 rings (SSSR count). The zero-order valence-electron chi connectivity index (χ0n) is 18.0. The van der Waals surface area contributed by atoms with Gasteiger partial charge in [0.2, 0.25) is 12.0 Å². The first kappa shape index (κ1) is 24.1. The molecule has 1 saturated heterocycles. The van der Waals surface area contributed by atoms with Gasteiger partial charge in [-0.25, -0.2) is 0 Å². The third-order valence-corrected chi connectivity index (χ3v) is 5.87. The summed E-state index contributed by atoms with van der Waals surface area (Å²) in [7, 11) is 1.27. The lowest BCUT2D eigenvalue weighted by Gasteiger charge is -2.40. The molecule has 0 radical (unpaired) electrons. The lowest BCUT2D eigenvalue weighted by Crippen LogP contribution is -2.60. The van der Waals surface area contributed by atoms with Crippen LogP contribution < -0.4 is 14.2 Å². The monoisotopic (exact) mass is 482 g/mol. The second kappa shape index (κ2) is 9.33. The molecular weight excluding hydrogens is 456 g/mol. The number of hydrogen-bond acceptors (Lipinski definition) is 12. The molecular formula is C22H26O12. The number of phenolic OH excluding ortho intramolecular Hbond substituents is 3. The summed E-state index contributed by atoms with van der Waals surface area (Å²) in [6, 6.07) is 5.01. The van der Waals surface area contributed by atoms with E-state index in [9.17, 15) is 40.9 Å². The highest BCUT2D eigenvalue weighted by molar-refractivity contribution is 5.55. The molecule has 0 spiro atoms. The quantitative estimate of drug-likeness (QED) is 0.260. The fourth-order valence-corrected chi connectivity index (χ4v) is 4.12. The highest BCUT2D eigenvalue weighted by Crippen LogP contribution is 2.45. The third-order valence-electron chi connectivity index (χ3n) is 5.87. The van der Waals surface area contributed by atoms with Gasteiger partial charge in [-0.1, -0.05) is 0 Å². The van der Waals surface area contributed by atoms with Gasteiger partial charge < -0.3 is 59.8 Å². The lowest BCUT2D eigenvalue weighted by molar-refractivity contribution is -0.277. The Kier molecular flexibility index (Phi) is 6.62. The summed E-state index contributed by atoms with van der Waals surface area (Å²) in [5.41, 5.74) is 0.550. The van der Waals surface area contributed by atoms with Crippen molar-refractivity contribution in [2.75, 3.05) is 13.7 Å². The molecule has 12 heteroatoms. The summed E-state index contributed by atoms with van der Waals surface area (Å²) >= 11 is 0. The van der Waals surface area contributed by atoms with E-state index in [4.69, 9.17) is 18.9 Å². The topological polar surface area (TPSA) is 199 Å². The molecule has 0 bridgehead atoms. The number of phenols is 3. The van der Waals surface area contributed by atoms with Crippen LogP contribution in [-0.4, -0.2) is 91.4 Å². The van der Waals surface area contributed by atoms with Crippen molar-refractivity contribution in [3.63, 3.8) is 0 Å². The van der Waals surface area contributed by atoms with Crippen LogP contribution in [0.4, 0.5) is 0 Å². The van der Waals surface area contributed by atoms with Crippen molar-refractivity contribution in [3.05, 3.63) is 35.4 Å². The normalized spacial score (nSPS) is 30.8. The van der Waals surface area contributed by atoms with Crippen molar-refractivity contribution >= 4 is 0 Å². The van der Waals surface area contributed by atoms with E-state index in [2.05, 4.69) is 0 Å². The second-order valence-electron chi connectivity index (χ2n) is 8.14. The van der Waals surface area contributed by atoms with Crippen LogP contribution in [0.5, 0.6) is 34.5 Å². The predicted molar refractivity (Wildman–Crippen MR) is 112 cm³/mol. The summed E-state index contributed by atoms with van der Waals surface area (Å²) in [5.74, 6) is -1.05. The van der Waals surface area contributed by atoms with Gasteiger partial charge in [-0.15, -0.1) is 0 Å². The van der Waals surface area contributed by atoms with Crippen LogP contribution in [0.25, 0.3) is 0 Å². The van der Waals surface area contributed by atoms with E-state index in [-0.39, 0.29) is 46.5 Å². The van der Waals surface area contributed by atoms with E-state index < -0.39 is 49.5 Å². The van der Waals surface area contributed by atoms with Gasteiger partial charge in [0.15, 0.2) is 17.6 Å². The van der Waals surface area contributed by atoms with Gasteiger partial charge in [0, 0.05) is 29.7 Å². The Bertz CT molecular complexity index is 1020. The molecule has 34 heavy (non-hydrogen) atoms. The van der Waals surface area contributed by atoms with Gasteiger partial charge in [-0.3, -0.25) is 0 Å². The highest BCUT2D eigenvalue weighted by atomic mass is 16.7. The number of benzene rings is 2. The molecule has 2 aliphatic rings. The summed E-state index contributed by atoms with van der Waals surface area (Å²) in [6.45, 7) is -0.645. The van der Waals surface area contributed by atoms with Crippen LogP contribution in [-0.2, 0) is 11.2 Å². The number of rotatable bonds is 5. The molecule has 2 aromatic rings. The van der Waals surface area contributed by atoms with Gasteiger partial charge in [0.1, 0.15) is 41.7 Å². The van der Waals surface area contributed by atoms with Crippen LogP contribution in [0.2, 0.25) is 0 Å². The number of methoxy groups -OCH3 is 1. The zero-order valence-corrected chi connectivity index (χ0v) is 18.0. The van der Waals surface area contributed by atoms with Crippen LogP contribution in [0.3, 0.4) is 0 Å². The summed E-state index contributed by atoms with van der Waals surface area (Å²) in [5, 5.41) is 80.7. The summed E-state index contributed by atoms with van der Waals surface area (Å²) in [6.07, 6.45) is -9.88. The Labute approximate surface area is 193 Å². The summed E-state index contributed by atoms with van der Waals surface area (Å²) < 4.78 is 21.8. The maximum Gasteiger partial charge on any atom is 0.229 e. The van der Waals surface area contributed by atoms with Gasteiger partial charge in [-0.05, 0) is 12.1 Å². The molecule has 7 atom stereocenters. The van der Waals surface area contributed by atoms with Crippen molar-refractivity contribution < 1.29 is 59.8 Å². The third kappa shape index (κ3) is 4.27. The molecule has 186 valence electrons. The van der Waals surface area contributed by atoms with Gasteiger partial charge in [0.05, 0.1) is 19.8 Å².